The van der Waals surface area contributed by atoms with Gasteiger partial charge in [0.05, 0.1) is 0 Å². The molecule has 0 atom stereocenters. The number of carbonyl (C=O) groups is 2. The summed E-state index contributed by atoms with van der Waals surface area (Å²) in [5.74, 6) is -0.214. The van der Waals surface area contributed by atoms with E-state index in [4.69, 9.17) is 0 Å². The Balaban J connectivity index is 1.74. The lowest BCUT2D eigenvalue weighted by Gasteiger charge is -2.34. The molecule has 2 N–H and O–H groups in total. The topological polar surface area (TPSA) is 85.5 Å². The third-order valence-electron chi connectivity index (χ3n) is 4.17. The molecule has 2 heterocycles. The van der Waals surface area contributed by atoms with E-state index in [0.29, 0.717) is 38.1 Å². The number of nitrogens with zero attached hydrogens (tertiary/aromatic N) is 2. The number of fused-ring (bicyclic) bond motifs is 1. The summed E-state index contributed by atoms with van der Waals surface area (Å²) < 4.78 is 0. The van der Waals surface area contributed by atoms with E-state index in [0.717, 1.165) is 5.39 Å². The van der Waals surface area contributed by atoms with Crippen LogP contribution in [0.3, 0.4) is 0 Å². The second-order valence-electron chi connectivity index (χ2n) is 5.71. The zero-order valence-electron chi connectivity index (χ0n) is 13.5. The fourth-order valence-corrected chi connectivity index (χ4v) is 2.87. The maximum Gasteiger partial charge on any atom is 0.317 e. The largest absolute Gasteiger partial charge is 0.338 e. The van der Waals surface area contributed by atoms with Crippen LogP contribution in [0.4, 0.5) is 4.79 Å². The number of amides is 3. The molecule has 1 aliphatic rings. The molecule has 3 amide bonds. The fraction of sp³-hybridized carbons (Fsp3) is 0.353. The average molecular weight is 328 g/mol. The van der Waals surface area contributed by atoms with Gasteiger partial charge < -0.3 is 20.1 Å². The number of aromatic nitrogens is 1. The van der Waals surface area contributed by atoms with Crippen LogP contribution in [0.2, 0.25) is 0 Å². The monoisotopic (exact) mass is 328 g/mol. The molecule has 2 aromatic rings. The SMILES string of the molecule is CCNC(=O)N1CCN(C(=O)c2cc3ccccc3c(=O)[nH]2)CC1. The molecule has 0 aliphatic carbocycles. The third kappa shape index (κ3) is 3.10. The molecule has 1 aromatic carbocycles. The van der Waals surface area contributed by atoms with Gasteiger partial charge in [0.2, 0.25) is 0 Å². The Morgan fingerprint density at radius 2 is 1.79 bits per heavy atom. The lowest BCUT2D eigenvalue weighted by Crippen LogP contribution is -2.53. The van der Waals surface area contributed by atoms with Gasteiger partial charge >= 0.3 is 6.03 Å². The Hall–Kier alpha value is -2.83. The van der Waals surface area contributed by atoms with E-state index in [2.05, 4.69) is 10.3 Å². The number of hydrogen-bond acceptors (Lipinski definition) is 3. The second-order valence-corrected chi connectivity index (χ2v) is 5.71. The van der Waals surface area contributed by atoms with Crippen molar-refractivity contribution in [3.63, 3.8) is 0 Å². The van der Waals surface area contributed by atoms with E-state index in [1.165, 1.54) is 0 Å². The minimum atomic E-state index is -0.266. The lowest BCUT2D eigenvalue weighted by molar-refractivity contribution is 0.0659. The summed E-state index contributed by atoms with van der Waals surface area (Å²) in [6.45, 7) is 4.31. The molecule has 24 heavy (non-hydrogen) atoms. The molecule has 1 saturated heterocycles. The number of urea groups is 1. The highest BCUT2D eigenvalue weighted by atomic mass is 16.2. The van der Waals surface area contributed by atoms with Gasteiger partial charge in [-0.15, -0.1) is 0 Å². The quantitative estimate of drug-likeness (QED) is 0.863. The first-order chi connectivity index (χ1) is 11.6. The summed E-state index contributed by atoms with van der Waals surface area (Å²) >= 11 is 0. The van der Waals surface area contributed by atoms with Crippen molar-refractivity contribution >= 4 is 22.7 Å². The molecule has 0 unspecified atom stereocenters. The predicted octanol–water partition coefficient (Wildman–Crippen LogP) is 1.02. The number of nitrogens with one attached hydrogen (secondary N) is 2. The Bertz CT molecular complexity index is 822. The van der Waals surface area contributed by atoms with Crippen molar-refractivity contribution in [3.8, 4) is 0 Å². The van der Waals surface area contributed by atoms with Gasteiger partial charge in [-0.25, -0.2) is 4.79 Å². The van der Waals surface area contributed by atoms with E-state index in [1.807, 2.05) is 19.1 Å². The van der Waals surface area contributed by atoms with Crippen LogP contribution in [0.1, 0.15) is 17.4 Å². The van der Waals surface area contributed by atoms with Crippen molar-refractivity contribution in [1.29, 1.82) is 0 Å². The van der Waals surface area contributed by atoms with Gasteiger partial charge in [0.15, 0.2) is 0 Å². The predicted molar refractivity (Wildman–Crippen MR) is 91.1 cm³/mol. The van der Waals surface area contributed by atoms with Crippen LogP contribution in [-0.2, 0) is 0 Å². The zero-order valence-corrected chi connectivity index (χ0v) is 13.5. The first kappa shape index (κ1) is 16.0. The number of carbonyl (C=O) groups excluding carboxylic acids is 2. The van der Waals surface area contributed by atoms with Crippen molar-refractivity contribution in [3.05, 3.63) is 46.4 Å². The highest BCUT2D eigenvalue weighted by Gasteiger charge is 2.25. The minimum Gasteiger partial charge on any atom is -0.338 e. The normalized spacial score (nSPS) is 14.7. The van der Waals surface area contributed by atoms with Crippen molar-refractivity contribution < 1.29 is 9.59 Å². The number of benzene rings is 1. The fourth-order valence-electron chi connectivity index (χ4n) is 2.87. The van der Waals surface area contributed by atoms with Gasteiger partial charge in [-0.3, -0.25) is 9.59 Å². The summed E-state index contributed by atoms with van der Waals surface area (Å²) in [6, 6.07) is 8.77. The molecule has 126 valence electrons. The molecule has 1 aliphatic heterocycles. The molecule has 0 radical (unpaired) electrons. The van der Waals surface area contributed by atoms with Crippen molar-refractivity contribution in [2.75, 3.05) is 32.7 Å². The lowest BCUT2D eigenvalue weighted by atomic mass is 10.1. The summed E-state index contributed by atoms with van der Waals surface area (Å²) in [5.41, 5.74) is 0.0163. The van der Waals surface area contributed by atoms with E-state index in [-0.39, 0.29) is 23.2 Å². The number of rotatable bonds is 2. The molecular weight excluding hydrogens is 308 g/mol. The molecule has 0 spiro atoms. The van der Waals surface area contributed by atoms with Gasteiger partial charge in [0.25, 0.3) is 11.5 Å². The Morgan fingerprint density at radius 3 is 2.50 bits per heavy atom. The molecule has 3 rings (SSSR count). The van der Waals surface area contributed by atoms with E-state index >= 15 is 0 Å². The zero-order chi connectivity index (χ0) is 17.1. The van der Waals surface area contributed by atoms with Gasteiger partial charge in [-0.1, -0.05) is 18.2 Å². The van der Waals surface area contributed by atoms with Gasteiger partial charge in [0, 0.05) is 38.1 Å². The van der Waals surface area contributed by atoms with Gasteiger partial charge in [-0.05, 0) is 24.4 Å². The standard InChI is InChI=1S/C17H20N4O3/c1-2-18-17(24)21-9-7-20(8-10-21)16(23)14-11-12-5-3-4-6-13(12)15(22)19-14/h3-6,11H,2,7-10H2,1H3,(H,18,24)(H,19,22). The molecule has 0 bridgehead atoms. The van der Waals surface area contributed by atoms with Crippen molar-refractivity contribution in [2.45, 2.75) is 6.92 Å². The van der Waals surface area contributed by atoms with Gasteiger partial charge in [0.1, 0.15) is 5.69 Å². The Morgan fingerprint density at radius 1 is 1.12 bits per heavy atom. The van der Waals surface area contributed by atoms with Crippen molar-refractivity contribution in [2.24, 2.45) is 0 Å². The second kappa shape index (κ2) is 6.74. The summed E-state index contributed by atoms with van der Waals surface area (Å²) in [7, 11) is 0. The number of H-pyrrole nitrogens is 1. The third-order valence-corrected chi connectivity index (χ3v) is 4.17. The van der Waals surface area contributed by atoms with Gasteiger partial charge in [-0.2, -0.15) is 0 Å². The first-order valence-corrected chi connectivity index (χ1v) is 8.04. The smallest absolute Gasteiger partial charge is 0.317 e. The van der Waals surface area contributed by atoms with Crippen LogP contribution in [0.25, 0.3) is 10.8 Å². The number of hydrogen-bond donors (Lipinski definition) is 2. The first-order valence-electron chi connectivity index (χ1n) is 8.04. The van der Waals surface area contributed by atoms with Crippen LogP contribution >= 0.6 is 0 Å². The molecule has 1 aromatic heterocycles. The van der Waals surface area contributed by atoms with Crippen LogP contribution in [-0.4, -0.2) is 59.4 Å². The molecular formula is C17H20N4O3. The maximum atomic E-state index is 12.6. The molecule has 1 fully saturated rings. The number of pyridine rings is 1. The van der Waals surface area contributed by atoms with Crippen LogP contribution in [0.5, 0.6) is 0 Å². The minimum absolute atomic E-state index is 0.108. The average Bonchev–Trinajstić information content (AvgIpc) is 2.61. The summed E-state index contributed by atoms with van der Waals surface area (Å²) in [6.07, 6.45) is 0. The van der Waals surface area contributed by atoms with Crippen LogP contribution in [0.15, 0.2) is 35.1 Å². The van der Waals surface area contributed by atoms with Crippen LogP contribution in [0, 0.1) is 0 Å². The van der Waals surface area contributed by atoms with Crippen molar-refractivity contribution in [1.82, 2.24) is 20.1 Å². The van der Waals surface area contributed by atoms with Crippen LogP contribution < -0.4 is 10.9 Å². The highest BCUT2D eigenvalue weighted by Crippen LogP contribution is 2.12. The molecule has 0 saturated carbocycles. The Labute approximate surface area is 139 Å². The van der Waals surface area contributed by atoms with E-state index < -0.39 is 0 Å². The molecule has 7 heteroatoms. The highest BCUT2D eigenvalue weighted by molar-refractivity contribution is 5.96. The summed E-state index contributed by atoms with van der Waals surface area (Å²) in [5, 5.41) is 4.06. The van der Waals surface area contributed by atoms with E-state index in [1.54, 1.807) is 28.0 Å². The van der Waals surface area contributed by atoms with E-state index in [9.17, 15) is 14.4 Å². The Kier molecular flexibility index (Phi) is 4.50. The maximum absolute atomic E-state index is 12.6. The number of piperazine rings is 1. The molecule has 7 nitrogen and oxygen atoms in total. The number of aromatic amines is 1. The summed E-state index contributed by atoms with van der Waals surface area (Å²) in [4.78, 5) is 42.6.